The van der Waals surface area contributed by atoms with E-state index in [0.717, 1.165) is 6.07 Å². The second-order valence-corrected chi connectivity index (χ2v) is 7.65. The van der Waals surface area contributed by atoms with Crippen molar-refractivity contribution in [3.8, 4) is 0 Å². The fourth-order valence-electron chi connectivity index (χ4n) is 1.62. The lowest BCUT2D eigenvalue weighted by atomic mass is 10.2. The summed E-state index contributed by atoms with van der Waals surface area (Å²) in [5, 5.41) is 0. The van der Waals surface area contributed by atoms with Gasteiger partial charge in [0.15, 0.2) is 5.82 Å². The number of halogens is 4. The van der Waals surface area contributed by atoms with Crippen LogP contribution in [-0.2, 0) is 10.0 Å². The van der Waals surface area contributed by atoms with Gasteiger partial charge in [-0.2, -0.15) is 0 Å². The molecule has 0 aliphatic carbocycles. The molecule has 21 heavy (non-hydrogen) atoms. The average molecular weight is 441 g/mol. The molecule has 0 saturated carbocycles. The van der Waals surface area contributed by atoms with Gasteiger partial charge in [-0.3, -0.25) is 4.72 Å². The monoisotopic (exact) mass is 439 g/mol. The van der Waals surface area contributed by atoms with E-state index in [0.29, 0.717) is 4.47 Å². The first-order valence-electron chi connectivity index (χ1n) is 5.65. The summed E-state index contributed by atoms with van der Waals surface area (Å²) in [6, 6.07) is 6.72. The van der Waals surface area contributed by atoms with Gasteiger partial charge >= 0.3 is 0 Å². The second-order valence-electron chi connectivity index (χ2n) is 4.23. The molecular formula is C13H9Br2F2NO2S. The first-order valence-corrected chi connectivity index (χ1v) is 8.72. The molecule has 2 rings (SSSR count). The predicted molar refractivity (Wildman–Crippen MR) is 83.7 cm³/mol. The topological polar surface area (TPSA) is 46.2 Å². The first kappa shape index (κ1) is 16.4. The van der Waals surface area contributed by atoms with Crippen molar-refractivity contribution in [3.05, 3.63) is 56.5 Å². The van der Waals surface area contributed by atoms with Crippen LogP contribution in [0.5, 0.6) is 0 Å². The highest BCUT2D eigenvalue weighted by Crippen LogP contribution is 2.29. The van der Waals surface area contributed by atoms with Gasteiger partial charge in [0.1, 0.15) is 16.4 Å². The van der Waals surface area contributed by atoms with Crippen LogP contribution in [0.4, 0.5) is 14.5 Å². The molecule has 2 aromatic carbocycles. The van der Waals surface area contributed by atoms with Crippen molar-refractivity contribution in [2.75, 3.05) is 4.72 Å². The van der Waals surface area contributed by atoms with Gasteiger partial charge in [-0.05, 0) is 52.7 Å². The minimum atomic E-state index is -4.14. The Morgan fingerprint density at radius 3 is 2.43 bits per heavy atom. The number of nitrogens with one attached hydrogen (secondary N) is 1. The van der Waals surface area contributed by atoms with Crippen molar-refractivity contribution < 1.29 is 17.2 Å². The predicted octanol–water partition coefficient (Wildman–Crippen LogP) is 4.60. The molecule has 0 heterocycles. The molecule has 2 aromatic rings. The minimum absolute atomic E-state index is 0.128. The Morgan fingerprint density at radius 2 is 1.76 bits per heavy atom. The van der Waals surface area contributed by atoms with Crippen LogP contribution in [0.25, 0.3) is 0 Å². The van der Waals surface area contributed by atoms with E-state index in [-0.39, 0.29) is 14.9 Å². The van der Waals surface area contributed by atoms with Crippen LogP contribution in [0.3, 0.4) is 0 Å². The highest BCUT2D eigenvalue weighted by Gasteiger charge is 2.22. The SMILES string of the molecule is Cc1ccc(F)c(NS(=O)(=O)c2cc(Br)ccc2Br)c1F. The van der Waals surface area contributed by atoms with Gasteiger partial charge in [-0.15, -0.1) is 0 Å². The molecule has 3 nitrogen and oxygen atoms in total. The minimum Gasteiger partial charge on any atom is -0.274 e. The zero-order chi connectivity index (χ0) is 15.8. The Balaban J connectivity index is 2.53. The van der Waals surface area contributed by atoms with Crippen molar-refractivity contribution in [1.82, 2.24) is 0 Å². The van der Waals surface area contributed by atoms with Crippen molar-refractivity contribution in [2.24, 2.45) is 0 Å². The third-order valence-corrected chi connectivity index (χ3v) is 5.54. The fraction of sp³-hybridized carbons (Fsp3) is 0.0769. The zero-order valence-electron chi connectivity index (χ0n) is 10.6. The molecule has 0 bridgehead atoms. The summed E-state index contributed by atoms with van der Waals surface area (Å²) >= 11 is 6.26. The van der Waals surface area contributed by atoms with Crippen LogP contribution < -0.4 is 4.72 Å². The fourth-order valence-corrected chi connectivity index (χ4v) is 4.19. The normalized spacial score (nSPS) is 11.5. The number of aryl methyl sites for hydroxylation is 1. The van der Waals surface area contributed by atoms with Crippen molar-refractivity contribution in [3.63, 3.8) is 0 Å². The molecule has 0 unspecified atom stereocenters. The molecule has 112 valence electrons. The van der Waals surface area contributed by atoms with Gasteiger partial charge < -0.3 is 0 Å². The Morgan fingerprint density at radius 1 is 1.10 bits per heavy atom. The number of sulfonamides is 1. The Labute approximate surface area is 137 Å². The lowest BCUT2D eigenvalue weighted by Gasteiger charge is -2.12. The molecule has 0 spiro atoms. The lowest BCUT2D eigenvalue weighted by molar-refractivity contribution is 0.578. The van der Waals surface area contributed by atoms with Crippen molar-refractivity contribution in [2.45, 2.75) is 11.8 Å². The molecule has 0 fully saturated rings. The average Bonchev–Trinajstić information content (AvgIpc) is 2.42. The van der Waals surface area contributed by atoms with Crippen molar-refractivity contribution in [1.29, 1.82) is 0 Å². The van der Waals surface area contributed by atoms with Crippen LogP contribution in [0.1, 0.15) is 5.56 Å². The van der Waals surface area contributed by atoms with Crippen molar-refractivity contribution >= 4 is 47.6 Å². The molecule has 0 aliphatic rings. The highest BCUT2D eigenvalue weighted by molar-refractivity contribution is 9.11. The molecule has 8 heteroatoms. The molecule has 0 aromatic heterocycles. The molecule has 1 N–H and O–H groups in total. The van der Waals surface area contributed by atoms with E-state index in [2.05, 4.69) is 31.9 Å². The third kappa shape index (κ3) is 3.44. The molecule has 0 radical (unpaired) electrons. The number of rotatable bonds is 3. The number of anilines is 1. The number of hydrogen-bond acceptors (Lipinski definition) is 2. The van der Waals surface area contributed by atoms with E-state index >= 15 is 0 Å². The smallest absolute Gasteiger partial charge is 0.263 e. The Hall–Kier alpha value is -0.990. The standard InChI is InChI=1S/C13H9Br2F2NO2S/c1-7-2-5-10(16)13(12(7)17)18-21(19,20)11-6-8(14)3-4-9(11)15/h2-6,18H,1H3. The summed E-state index contributed by atoms with van der Waals surface area (Å²) < 4.78 is 54.9. The first-order chi connectivity index (χ1) is 9.72. The van der Waals surface area contributed by atoms with Crippen LogP contribution in [-0.4, -0.2) is 8.42 Å². The molecule has 0 aliphatic heterocycles. The second kappa shape index (κ2) is 6.02. The van der Waals surface area contributed by atoms with E-state index in [1.807, 2.05) is 4.72 Å². The quantitative estimate of drug-likeness (QED) is 0.758. The van der Waals surface area contributed by atoms with Gasteiger partial charge in [-0.1, -0.05) is 22.0 Å². The van der Waals surface area contributed by atoms with Crippen LogP contribution in [0.2, 0.25) is 0 Å². The van der Waals surface area contributed by atoms with Gasteiger partial charge in [0.25, 0.3) is 10.0 Å². The number of benzene rings is 2. The summed E-state index contributed by atoms with van der Waals surface area (Å²) in [7, 11) is -4.14. The maximum atomic E-state index is 13.9. The summed E-state index contributed by atoms with van der Waals surface area (Å²) in [6.45, 7) is 1.42. The van der Waals surface area contributed by atoms with Gasteiger partial charge in [0, 0.05) is 8.95 Å². The van der Waals surface area contributed by atoms with E-state index in [4.69, 9.17) is 0 Å². The van der Waals surface area contributed by atoms with Gasteiger partial charge in [0.2, 0.25) is 0 Å². The maximum Gasteiger partial charge on any atom is 0.263 e. The van der Waals surface area contributed by atoms with Crippen LogP contribution in [0.15, 0.2) is 44.2 Å². The van der Waals surface area contributed by atoms with E-state index in [1.54, 1.807) is 6.07 Å². The highest BCUT2D eigenvalue weighted by atomic mass is 79.9. The van der Waals surface area contributed by atoms with E-state index in [9.17, 15) is 17.2 Å². The third-order valence-electron chi connectivity index (χ3n) is 2.70. The summed E-state index contributed by atoms with van der Waals surface area (Å²) in [5.41, 5.74) is -0.552. The summed E-state index contributed by atoms with van der Waals surface area (Å²) in [6.07, 6.45) is 0. The van der Waals surface area contributed by atoms with Crippen LogP contribution in [0, 0.1) is 18.6 Å². The largest absolute Gasteiger partial charge is 0.274 e. The molecule has 0 saturated heterocycles. The summed E-state index contributed by atoms with van der Waals surface area (Å²) in [5.74, 6) is -1.92. The van der Waals surface area contributed by atoms with Gasteiger partial charge in [-0.25, -0.2) is 17.2 Å². The summed E-state index contributed by atoms with van der Waals surface area (Å²) in [4.78, 5) is -0.128. The Kier molecular flexibility index (Phi) is 4.69. The van der Waals surface area contributed by atoms with E-state index in [1.165, 1.54) is 25.1 Å². The zero-order valence-corrected chi connectivity index (χ0v) is 14.6. The molecule has 0 atom stereocenters. The van der Waals surface area contributed by atoms with E-state index < -0.39 is 27.3 Å². The van der Waals surface area contributed by atoms with Crippen LogP contribution >= 0.6 is 31.9 Å². The number of hydrogen-bond donors (Lipinski definition) is 1. The molecular weight excluding hydrogens is 432 g/mol. The van der Waals surface area contributed by atoms with Gasteiger partial charge in [0.05, 0.1) is 0 Å². The Bertz CT molecular complexity index is 810. The lowest BCUT2D eigenvalue weighted by Crippen LogP contribution is -2.16. The maximum absolute atomic E-state index is 13.9. The molecule has 0 amide bonds.